The molecule has 6 saturated heterocycles. The van der Waals surface area contributed by atoms with Crippen molar-refractivity contribution in [3.8, 4) is 0 Å². The first-order valence-corrected chi connectivity index (χ1v) is 24.5. The highest BCUT2D eigenvalue weighted by atomic mass is 16.8. The van der Waals surface area contributed by atoms with Gasteiger partial charge in [0.1, 0.15) is 48.8 Å². The van der Waals surface area contributed by atoms with Gasteiger partial charge in [-0.2, -0.15) is 0 Å². The number of aliphatic hydroxyl groups is 5. The molecule has 20 nitrogen and oxygen atoms in total. The van der Waals surface area contributed by atoms with E-state index in [0.29, 0.717) is 38.7 Å². The fourth-order valence-electron chi connectivity index (χ4n) is 12.8. The molecule has 0 aromatic carbocycles. The third kappa shape index (κ3) is 9.58. The normalized spacial score (nSPS) is 51.7. The van der Waals surface area contributed by atoms with Gasteiger partial charge in [-0.15, -0.1) is 0 Å². The first kappa shape index (κ1) is 51.0. The van der Waals surface area contributed by atoms with Crippen LogP contribution >= 0.6 is 0 Å². The minimum Gasteiger partial charge on any atom is -0.469 e. The molecule has 7 fully saturated rings. The van der Waals surface area contributed by atoms with E-state index >= 15 is 0 Å². The van der Waals surface area contributed by atoms with Gasteiger partial charge >= 0.3 is 5.97 Å². The first-order chi connectivity index (χ1) is 32.5. The van der Waals surface area contributed by atoms with E-state index < -0.39 is 135 Å². The van der Waals surface area contributed by atoms with Gasteiger partial charge in [0.2, 0.25) is 5.79 Å². The molecule has 68 heavy (non-hydrogen) atoms. The highest BCUT2D eigenvalue weighted by Crippen LogP contribution is 2.57. The monoisotopic (exact) mass is 970 g/mol. The van der Waals surface area contributed by atoms with Crippen molar-refractivity contribution in [2.75, 3.05) is 34.5 Å². The van der Waals surface area contributed by atoms with Crippen molar-refractivity contribution < 1.29 is 96.6 Å². The third-order valence-electron chi connectivity index (χ3n) is 16.6. The summed E-state index contributed by atoms with van der Waals surface area (Å²) in [6, 6.07) is 0. The van der Waals surface area contributed by atoms with Crippen molar-refractivity contribution >= 4 is 5.97 Å². The zero-order valence-corrected chi connectivity index (χ0v) is 40.4. The number of allylic oxidation sites excluding steroid dienone is 1. The van der Waals surface area contributed by atoms with E-state index in [0.717, 1.165) is 18.4 Å². The molecule has 0 amide bonds. The third-order valence-corrected chi connectivity index (χ3v) is 16.6. The van der Waals surface area contributed by atoms with Crippen LogP contribution in [0.4, 0.5) is 0 Å². The van der Waals surface area contributed by atoms with Gasteiger partial charge in [-0.05, 0) is 69.8 Å². The summed E-state index contributed by atoms with van der Waals surface area (Å²) in [6.45, 7) is 9.36. The number of hydrogen-bond donors (Lipinski definition) is 5. The predicted octanol–water partition coefficient (Wildman–Crippen LogP) is 1.48. The number of aliphatic hydroxyl groups excluding tert-OH is 5. The molecule has 0 radical (unpaired) electrons. The standard InChI is InChI=1S/C48H74O20/c1-21-42(66-36-15-31(56-7)43(22(2)61-36)67-37-16-32(57-8)44(23(3)62-37)68-46-41(53)40(52)39(51)33(18-49)65-46)30(55-6)14-35(60-21)63-29-13-25-10-11-26-27(47(25,4)17-28(29)50)12-9-24-19-58-48(5)38(24)34(20-59-48)64-45(26)54/h10,19,21-23,26-44,46,49-53H,9,11-18,20H2,1-8H3/t21-,22-,23+,26-,27+,28-,29-,30+,31+,32-,33-,34-,35+,36+,37+,38-,39-,40+,41-,42-,43-,44+,46+,47+,48+/m1/s1. The topological polar surface area (TPSA) is 247 Å². The van der Waals surface area contributed by atoms with Gasteiger partial charge in [-0.3, -0.25) is 4.79 Å². The molecule has 20 heteroatoms. The van der Waals surface area contributed by atoms with Crippen molar-refractivity contribution in [1.29, 1.82) is 0 Å². The van der Waals surface area contributed by atoms with E-state index in [1.165, 1.54) is 12.7 Å². The molecule has 9 aliphatic rings. The second-order valence-corrected chi connectivity index (χ2v) is 20.7. The maximum absolute atomic E-state index is 13.8. The largest absolute Gasteiger partial charge is 0.469 e. The maximum atomic E-state index is 13.8. The molecule has 7 heterocycles. The Morgan fingerprint density at radius 1 is 0.735 bits per heavy atom. The number of rotatable bonds is 12. The summed E-state index contributed by atoms with van der Waals surface area (Å²) in [5.74, 6) is -1.48. The van der Waals surface area contributed by atoms with Gasteiger partial charge in [-0.1, -0.05) is 18.6 Å². The second-order valence-electron chi connectivity index (χ2n) is 20.7. The Labute approximate surface area is 397 Å². The van der Waals surface area contributed by atoms with Crippen LogP contribution in [0.1, 0.15) is 86.0 Å². The number of carbonyl (C=O) groups is 1. The molecule has 0 spiro atoms. The Balaban J connectivity index is 0.779. The average molecular weight is 971 g/mol. The van der Waals surface area contributed by atoms with E-state index in [2.05, 4.69) is 13.0 Å². The SMILES string of the molecule is CO[C@H]1C[C@H](O[C@H]2[C@@H](OC)C[C@H](O[C@@H]3CC4=CC[C@H]5C(=O)O[C@@H]6CO[C@]7(C)OC=C(CC[C@@H]5[C@@]4(C)C[C@H]3O)[C@H]67)O[C@@H]2C)O[C@H](C)[C@H]1O[C@H]1C[C@@H](OC)[C@@H](O[C@@H]2O[C@H](CO)[C@@H](O)[C@H](O)[C@H]2O)[C@H](C)O1. The van der Waals surface area contributed by atoms with E-state index in [1.54, 1.807) is 27.4 Å². The number of fused-ring (bicyclic) bond motifs is 3. The summed E-state index contributed by atoms with van der Waals surface area (Å²) in [7, 11) is 4.74. The van der Waals surface area contributed by atoms with Gasteiger partial charge in [0.15, 0.2) is 25.2 Å². The average Bonchev–Trinajstić information content (AvgIpc) is 3.83. The van der Waals surface area contributed by atoms with Gasteiger partial charge in [-0.25, -0.2) is 0 Å². The molecule has 25 atom stereocenters. The Morgan fingerprint density at radius 2 is 1.31 bits per heavy atom. The molecule has 0 bridgehead atoms. The molecule has 5 N–H and O–H groups in total. The van der Waals surface area contributed by atoms with Crippen LogP contribution in [0.3, 0.4) is 0 Å². The lowest BCUT2D eigenvalue weighted by Crippen LogP contribution is -2.62. The van der Waals surface area contributed by atoms with Crippen LogP contribution in [0.5, 0.6) is 0 Å². The number of carbonyl (C=O) groups excluding carboxylic acids is 1. The number of methoxy groups -OCH3 is 3. The van der Waals surface area contributed by atoms with E-state index in [-0.39, 0.29) is 36.2 Å². The lowest BCUT2D eigenvalue weighted by Gasteiger charge is -2.52. The van der Waals surface area contributed by atoms with Crippen LogP contribution in [0.15, 0.2) is 23.5 Å². The number of esters is 1. The summed E-state index contributed by atoms with van der Waals surface area (Å²) >= 11 is 0. The van der Waals surface area contributed by atoms with Gasteiger partial charge in [0, 0.05) is 47.5 Å². The second kappa shape index (κ2) is 20.5. The quantitative estimate of drug-likeness (QED) is 0.137. The fraction of sp³-hybridized carbons (Fsp3) is 0.896. The van der Waals surface area contributed by atoms with Crippen LogP contribution in [-0.4, -0.2) is 195 Å². The van der Waals surface area contributed by atoms with Crippen LogP contribution in [0.2, 0.25) is 0 Å². The van der Waals surface area contributed by atoms with Gasteiger partial charge in [0.05, 0.1) is 80.1 Å². The van der Waals surface area contributed by atoms with Crippen molar-refractivity contribution in [1.82, 2.24) is 0 Å². The number of ether oxygens (including phenoxy) is 14. The highest BCUT2D eigenvalue weighted by molar-refractivity contribution is 5.74. The zero-order chi connectivity index (χ0) is 48.4. The van der Waals surface area contributed by atoms with Crippen molar-refractivity contribution in [3.05, 3.63) is 23.5 Å². The summed E-state index contributed by atoms with van der Waals surface area (Å²) in [5, 5.41) is 52.5. The maximum Gasteiger partial charge on any atom is 0.309 e. The molecule has 386 valence electrons. The summed E-state index contributed by atoms with van der Waals surface area (Å²) in [6.07, 6.45) is -7.99. The Hall–Kier alpha value is -1.93. The van der Waals surface area contributed by atoms with Crippen molar-refractivity contribution in [3.63, 3.8) is 0 Å². The Bertz CT molecular complexity index is 1820. The van der Waals surface area contributed by atoms with Crippen LogP contribution in [-0.2, 0) is 71.1 Å². The van der Waals surface area contributed by atoms with Crippen LogP contribution < -0.4 is 0 Å². The summed E-state index contributed by atoms with van der Waals surface area (Å²) in [5.41, 5.74) is 1.87. The predicted molar refractivity (Wildman–Crippen MR) is 232 cm³/mol. The lowest BCUT2D eigenvalue weighted by atomic mass is 9.55. The molecular weight excluding hydrogens is 897 g/mol. The van der Waals surface area contributed by atoms with E-state index in [1.807, 2.05) is 20.8 Å². The smallest absolute Gasteiger partial charge is 0.309 e. The molecule has 9 rings (SSSR count). The molecular formula is C48H74O20. The molecule has 0 unspecified atom stereocenters. The Kier molecular flexibility index (Phi) is 15.4. The van der Waals surface area contributed by atoms with Crippen LogP contribution in [0.25, 0.3) is 0 Å². The van der Waals surface area contributed by atoms with Crippen molar-refractivity contribution in [2.24, 2.45) is 23.2 Å². The Morgan fingerprint density at radius 3 is 1.88 bits per heavy atom. The van der Waals surface area contributed by atoms with Gasteiger partial charge in [0.25, 0.3) is 0 Å². The molecule has 0 aromatic heterocycles. The molecule has 7 aliphatic heterocycles. The highest BCUT2D eigenvalue weighted by Gasteiger charge is 2.59. The molecule has 0 aromatic rings. The minimum absolute atomic E-state index is 0.0277. The minimum atomic E-state index is -1.59. The van der Waals surface area contributed by atoms with E-state index in [4.69, 9.17) is 66.3 Å². The van der Waals surface area contributed by atoms with Crippen LogP contribution in [0, 0.1) is 23.2 Å². The fourth-order valence-corrected chi connectivity index (χ4v) is 12.8. The summed E-state index contributed by atoms with van der Waals surface area (Å²) in [4.78, 5) is 13.8. The molecule has 2 aliphatic carbocycles. The van der Waals surface area contributed by atoms with Gasteiger partial charge < -0.3 is 91.8 Å². The van der Waals surface area contributed by atoms with Crippen molar-refractivity contribution in [2.45, 2.75) is 215 Å². The zero-order valence-electron chi connectivity index (χ0n) is 40.4. The lowest BCUT2D eigenvalue weighted by molar-refractivity contribution is -0.357. The van der Waals surface area contributed by atoms with E-state index in [9.17, 15) is 30.3 Å². The summed E-state index contributed by atoms with van der Waals surface area (Å²) < 4.78 is 86.3. The first-order valence-electron chi connectivity index (χ1n) is 24.5. The number of hydrogen-bond acceptors (Lipinski definition) is 20. The molecule has 1 saturated carbocycles.